The molecule has 0 amide bonds. The number of benzene rings is 2. The number of carbonyl (C=O) groups is 1. The summed E-state index contributed by atoms with van der Waals surface area (Å²) >= 11 is 0. The van der Waals surface area contributed by atoms with E-state index in [2.05, 4.69) is 11.9 Å². The topological polar surface area (TPSA) is 64.8 Å². The molecule has 0 fully saturated rings. The van der Waals surface area contributed by atoms with E-state index in [0.717, 1.165) is 5.56 Å². The van der Waals surface area contributed by atoms with Crippen molar-refractivity contribution in [2.75, 3.05) is 33.9 Å². The average Bonchev–Trinajstić information content (AvgIpc) is 3.20. The van der Waals surface area contributed by atoms with Crippen molar-refractivity contribution >= 4 is 16.9 Å². The molecule has 0 bridgehead atoms. The minimum atomic E-state index is -0.254. The lowest BCUT2D eigenvalue weighted by atomic mass is 9.98. The number of aryl methyl sites for hydroxylation is 1. The molecular formula is C24H29FN2O4. The van der Waals surface area contributed by atoms with E-state index in [1.165, 1.54) is 25.5 Å². The monoisotopic (exact) mass is 428 g/mol. The van der Waals surface area contributed by atoms with Gasteiger partial charge in [0.25, 0.3) is 0 Å². The molecule has 0 N–H and O–H groups in total. The fraction of sp³-hybridized carbons (Fsp3) is 0.417. The van der Waals surface area contributed by atoms with Gasteiger partial charge in [-0.3, -0.25) is 4.79 Å². The normalized spacial score (nSPS) is 12.4. The summed E-state index contributed by atoms with van der Waals surface area (Å²) in [5.74, 6) is 0.586. The first-order chi connectivity index (χ1) is 14.8. The molecule has 6 nitrogen and oxygen atoms in total. The second-order valence-electron chi connectivity index (χ2n) is 7.99. The Morgan fingerprint density at radius 2 is 1.84 bits per heavy atom. The zero-order valence-corrected chi connectivity index (χ0v) is 18.7. The Kier molecular flexibility index (Phi) is 7.28. The standard InChI is InChI=1S/C24H29FN2O4/c1-15(18-6-8-19(25)9-7-18)10-12-29-24-22(30-13-11-27(4)5)20(17(3)28)16(2)21-23(24)31-14-26-21/h6-9,14-15H,10-13H2,1-5H3. The van der Waals surface area contributed by atoms with Crippen LogP contribution in [-0.4, -0.2) is 49.5 Å². The Labute approximate surface area is 182 Å². The van der Waals surface area contributed by atoms with Crippen molar-refractivity contribution in [2.24, 2.45) is 0 Å². The van der Waals surface area contributed by atoms with Crippen LogP contribution in [0.1, 0.15) is 47.7 Å². The molecule has 7 heteroatoms. The lowest BCUT2D eigenvalue weighted by molar-refractivity contribution is 0.101. The van der Waals surface area contributed by atoms with Gasteiger partial charge < -0.3 is 18.8 Å². The highest BCUT2D eigenvalue weighted by molar-refractivity contribution is 6.04. The van der Waals surface area contributed by atoms with Gasteiger partial charge in [-0.15, -0.1) is 0 Å². The molecular weight excluding hydrogens is 399 g/mol. The molecule has 1 heterocycles. The van der Waals surface area contributed by atoms with Crippen LogP contribution in [0, 0.1) is 12.7 Å². The molecule has 3 rings (SSSR count). The van der Waals surface area contributed by atoms with Gasteiger partial charge in [-0.2, -0.15) is 0 Å². The Balaban J connectivity index is 1.88. The van der Waals surface area contributed by atoms with E-state index in [-0.39, 0.29) is 17.5 Å². The first-order valence-corrected chi connectivity index (χ1v) is 10.4. The molecule has 2 aromatic carbocycles. The molecule has 0 aliphatic carbocycles. The van der Waals surface area contributed by atoms with Crippen molar-refractivity contribution in [1.29, 1.82) is 0 Å². The highest BCUT2D eigenvalue weighted by Gasteiger charge is 2.26. The summed E-state index contributed by atoms with van der Waals surface area (Å²) in [6, 6.07) is 6.48. The third-order valence-corrected chi connectivity index (χ3v) is 5.31. The predicted octanol–water partition coefficient (Wildman–Crippen LogP) is 4.99. The number of ketones is 1. The number of carbonyl (C=O) groups excluding carboxylic acids is 1. The molecule has 1 atom stereocenters. The zero-order chi connectivity index (χ0) is 22.5. The molecule has 0 saturated heterocycles. The number of ether oxygens (including phenoxy) is 2. The van der Waals surface area contributed by atoms with Gasteiger partial charge in [0, 0.05) is 6.54 Å². The molecule has 166 valence electrons. The minimum Gasteiger partial charge on any atom is -0.487 e. The molecule has 31 heavy (non-hydrogen) atoms. The molecule has 0 aliphatic rings. The summed E-state index contributed by atoms with van der Waals surface area (Å²) in [5.41, 5.74) is 3.26. The summed E-state index contributed by atoms with van der Waals surface area (Å²) < 4.78 is 31.0. The fourth-order valence-electron chi connectivity index (χ4n) is 3.50. The highest BCUT2D eigenvalue weighted by atomic mass is 19.1. The second-order valence-corrected chi connectivity index (χ2v) is 7.99. The van der Waals surface area contributed by atoms with E-state index in [0.29, 0.717) is 59.9 Å². The van der Waals surface area contributed by atoms with E-state index in [9.17, 15) is 9.18 Å². The van der Waals surface area contributed by atoms with E-state index in [1.807, 2.05) is 25.9 Å². The summed E-state index contributed by atoms with van der Waals surface area (Å²) in [4.78, 5) is 18.7. The fourth-order valence-corrected chi connectivity index (χ4v) is 3.50. The van der Waals surface area contributed by atoms with Crippen molar-refractivity contribution in [2.45, 2.75) is 33.1 Å². The number of fused-ring (bicyclic) bond motifs is 1. The largest absolute Gasteiger partial charge is 0.487 e. The minimum absolute atomic E-state index is 0.119. The van der Waals surface area contributed by atoms with Gasteiger partial charge in [-0.25, -0.2) is 9.37 Å². The van der Waals surface area contributed by atoms with Crippen LogP contribution in [0.2, 0.25) is 0 Å². The zero-order valence-electron chi connectivity index (χ0n) is 18.7. The molecule has 0 radical (unpaired) electrons. The quantitative estimate of drug-likeness (QED) is 0.424. The number of Topliss-reactive ketones (excluding diaryl/α,β-unsaturated/α-hetero) is 1. The average molecular weight is 429 g/mol. The molecule has 1 aromatic heterocycles. The number of oxazole rings is 1. The SMILES string of the molecule is CC(=O)c1c(OCCN(C)C)c(OCCC(C)c2ccc(F)cc2)c2ocnc2c1C. The lowest BCUT2D eigenvalue weighted by Gasteiger charge is -2.19. The van der Waals surface area contributed by atoms with Crippen LogP contribution in [0.4, 0.5) is 4.39 Å². The summed E-state index contributed by atoms with van der Waals surface area (Å²) in [7, 11) is 3.91. The third kappa shape index (κ3) is 5.22. The maximum Gasteiger partial charge on any atom is 0.207 e. The molecule has 3 aromatic rings. The summed E-state index contributed by atoms with van der Waals surface area (Å²) in [6.07, 6.45) is 2.04. The van der Waals surface area contributed by atoms with Crippen LogP contribution in [0.15, 0.2) is 35.1 Å². The Hall–Kier alpha value is -2.93. The van der Waals surface area contributed by atoms with Crippen LogP contribution in [0.25, 0.3) is 11.1 Å². The molecule has 0 aliphatic heterocycles. The van der Waals surface area contributed by atoms with Gasteiger partial charge in [0.2, 0.25) is 11.3 Å². The van der Waals surface area contributed by atoms with Gasteiger partial charge in [-0.05, 0) is 63.5 Å². The first-order valence-electron chi connectivity index (χ1n) is 10.4. The second kappa shape index (κ2) is 9.92. The third-order valence-electron chi connectivity index (χ3n) is 5.31. The van der Waals surface area contributed by atoms with Gasteiger partial charge in [0.05, 0.1) is 12.2 Å². The van der Waals surface area contributed by atoms with E-state index in [4.69, 9.17) is 13.9 Å². The van der Waals surface area contributed by atoms with Crippen LogP contribution in [-0.2, 0) is 0 Å². The van der Waals surface area contributed by atoms with Crippen LogP contribution < -0.4 is 9.47 Å². The van der Waals surface area contributed by atoms with Crippen LogP contribution in [0.3, 0.4) is 0 Å². The smallest absolute Gasteiger partial charge is 0.207 e. The van der Waals surface area contributed by atoms with Crippen molar-refractivity contribution in [3.8, 4) is 11.5 Å². The summed E-state index contributed by atoms with van der Waals surface area (Å²) in [6.45, 7) is 6.86. The maximum absolute atomic E-state index is 13.2. The van der Waals surface area contributed by atoms with Crippen LogP contribution >= 0.6 is 0 Å². The Morgan fingerprint density at radius 1 is 1.16 bits per heavy atom. The Morgan fingerprint density at radius 3 is 2.48 bits per heavy atom. The number of hydrogen-bond acceptors (Lipinski definition) is 6. The lowest BCUT2D eigenvalue weighted by Crippen LogP contribution is -2.20. The Bertz CT molecular complexity index is 1040. The number of nitrogens with zero attached hydrogens (tertiary/aromatic N) is 2. The highest BCUT2D eigenvalue weighted by Crippen LogP contribution is 2.42. The van der Waals surface area contributed by atoms with E-state index < -0.39 is 0 Å². The van der Waals surface area contributed by atoms with E-state index >= 15 is 0 Å². The molecule has 1 unspecified atom stereocenters. The van der Waals surface area contributed by atoms with Crippen molar-refractivity contribution in [3.05, 3.63) is 53.2 Å². The van der Waals surface area contributed by atoms with Gasteiger partial charge in [-0.1, -0.05) is 19.1 Å². The molecule has 0 saturated carbocycles. The van der Waals surface area contributed by atoms with Crippen LogP contribution in [0.5, 0.6) is 11.5 Å². The maximum atomic E-state index is 13.2. The molecule has 0 spiro atoms. The van der Waals surface area contributed by atoms with Crippen molar-refractivity contribution < 1.29 is 23.1 Å². The van der Waals surface area contributed by atoms with Gasteiger partial charge >= 0.3 is 0 Å². The van der Waals surface area contributed by atoms with E-state index in [1.54, 1.807) is 12.1 Å². The number of rotatable bonds is 10. The summed E-state index contributed by atoms with van der Waals surface area (Å²) in [5, 5.41) is 0. The number of hydrogen-bond donors (Lipinski definition) is 0. The number of aromatic nitrogens is 1. The van der Waals surface area contributed by atoms with Gasteiger partial charge in [0.1, 0.15) is 17.9 Å². The number of likely N-dealkylation sites (N-methyl/N-ethyl adjacent to an activating group) is 1. The predicted molar refractivity (Wildman–Crippen MR) is 118 cm³/mol. The van der Waals surface area contributed by atoms with Crippen molar-refractivity contribution in [1.82, 2.24) is 9.88 Å². The van der Waals surface area contributed by atoms with Gasteiger partial charge in [0.15, 0.2) is 17.9 Å². The van der Waals surface area contributed by atoms with Crippen molar-refractivity contribution in [3.63, 3.8) is 0 Å². The first kappa shape index (κ1) is 22.7. The number of halogens is 1.